The molecule has 0 saturated heterocycles. The van der Waals surface area contributed by atoms with Crippen LogP contribution in [0.1, 0.15) is 24.5 Å². The minimum atomic E-state index is -4.69. The highest BCUT2D eigenvalue weighted by molar-refractivity contribution is 5.74. The van der Waals surface area contributed by atoms with Gasteiger partial charge in [-0.1, -0.05) is 0 Å². The number of pyridine rings is 1. The molecule has 0 fully saturated rings. The summed E-state index contributed by atoms with van der Waals surface area (Å²) in [5.41, 5.74) is 4.48. The van der Waals surface area contributed by atoms with Gasteiger partial charge >= 0.3 is 6.18 Å². The van der Waals surface area contributed by atoms with E-state index in [1.54, 1.807) is 6.92 Å². The second kappa shape index (κ2) is 6.47. The fraction of sp³-hybridized carbons (Fsp3) is 0.333. The predicted molar refractivity (Wildman–Crippen MR) is 88.8 cm³/mol. The molecule has 1 aliphatic rings. The summed E-state index contributed by atoms with van der Waals surface area (Å²) in [6, 6.07) is 2.89. The summed E-state index contributed by atoms with van der Waals surface area (Å²) >= 11 is 0. The van der Waals surface area contributed by atoms with Gasteiger partial charge in [0.25, 0.3) is 6.02 Å². The molecule has 1 aliphatic heterocycles. The zero-order chi connectivity index (χ0) is 20.0. The molecule has 144 valence electrons. The smallest absolute Gasteiger partial charge is 0.425 e. The Morgan fingerprint density at radius 2 is 1.89 bits per heavy atom. The van der Waals surface area contributed by atoms with Crippen molar-refractivity contribution in [3.05, 3.63) is 53.4 Å². The minimum Gasteiger partial charge on any atom is -0.452 e. The topological polar surface area (TPSA) is 60.5 Å². The molecule has 9 heteroatoms. The third-order valence-corrected chi connectivity index (χ3v) is 4.52. The van der Waals surface area contributed by atoms with E-state index in [0.29, 0.717) is 11.1 Å². The maximum atomic E-state index is 14.7. The average molecular weight is 385 g/mol. The van der Waals surface area contributed by atoms with Crippen LogP contribution >= 0.6 is 0 Å². The molecule has 0 saturated carbocycles. The fourth-order valence-electron chi connectivity index (χ4n) is 3.17. The molecule has 3 rings (SSSR count). The zero-order valence-electron chi connectivity index (χ0n) is 14.4. The predicted octanol–water partition coefficient (Wildman–Crippen LogP) is 4.22. The van der Waals surface area contributed by atoms with E-state index in [4.69, 9.17) is 5.73 Å². The van der Waals surface area contributed by atoms with Gasteiger partial charge in [-0.15, -0.1) is 0 Å². The highest BCUT2D eigenvalue weighted by Crippen LogP contribution is 2.42. The Kier molecular flexibility index (Phi) is 4.57. The Balaban J connectivity index is 2.15. The number of aryl methyl sites for hydroxylation is 1. The first kappa shape index (κ1) is 19.1. The lowest BCUT2D eigenvalue weighted by Gasteiger charge is -2.36. The van der Waals surface area contributed by atoms with Crippen LogP contribution in [0.2, 0.25) is 0 Å². The van der Waals surface area contributed by atoms with Crippen molar-refractivity contribution in [3.8, 4) is 11.1 Å². The number of nitrogens with two attached hydrogens (primary N) is 1. The molecule has 1 aromatic heterocycles. The lowest BCUT2D eigenvalue weighted by molar-refractivity contribution is -0.208. The lowest BCUT2D eigenvalue weighted by Crippen LogP contribution is -2.46. The number of benzene rings is 1. The molecule has 2 aromatic rings. The molecule has 0 aliphatic carbocycles. The third kappa shape index (κ3) is 3.58. The van der Waals surface area contributed by atoms with Crippen molar-refractivity contribution >= 4 is 6.02 Å². The van der Waals surface area contributed by atoms with Gasteiger partial charge in [-0.25, -0.2) is 13.8 Å². The Bertz CT molecular complexity index is 912. The van der Waals surface area contributed by atoms with Gasteiger partial charge in [-0.2, -0.15) is 13.2 Å². The van der Waals surface area contributed by atoms with Crippen molar-refractivity contribution in [2.75, 3.05) is 0 Å². The molecule has 2 heterocycles. The SMILES string of the molecule is Cc1cc(F)c(C2(C)CC(C(F)(F)F)OC(N)=N2)cc1-c1cnccc1F. The molecule has 0 radical (unpaired) electrons. The van der Waals surface area contributed by atoms with E-state index in [-0.39, 0.29) is 11.1 Å². The number of aromatic nitrogens is 1. The summed E-state index contributed by atoms with van der Waals surface area (Å²) in [6.45, 7) is 2.90. The summed E-state index contributed by atoms with van der Waals surface area (Å²) in [7, 11) is 0. The largest absolute Gasteiger partial charge is 0.452 e. The van der Waals surface area contributed by atoms with Crippen LogP contribution in [0.5, 0.6) is 0 Å². The number of hydrogen-bond acceptors (Lipinski definition) is 4. The normalized spacial score (nSPS) is 22.9. The molecule has 4 nitrogen and oxygen atoms in total. The number of nitrogens with zero attached hydrogens (tertiary/aromatic N) is 2. The Morgan fingerprint density at radius 3 is 2.52 bits per heavy atom. The Labute approximate surface area is 151 Å². The maximum absolute atomic E-state index is 14.7. The summed E-state index contributed by atoms with van der Waals surface area (Å²) in [6.07, 6.45) is -5.05. The number of alkyl halides is 3. The van der Waals surface area contributed by atoms with Crippen molar-refractivity contribution in [2.45, 2.75) is 38.1 Å². The van der Waals surface area contributed by atoms with Crippen LogP contribution in [0.25, 0.3) is 11.1 Å². The molecular formula is C18H16F5N3O. The van der Waals surface area contributed by atoms with Crippen LogP contribution in [0.15, 0.2) is 35.6 Å². The molecule has 0 amide bonds. The fourth-order valence-corrected chi connectivity index (χ4v) is 3.17. The maximum Gasteiger partial charge on any atom is 0.425 e. The number of halogens is 5. The molecule has 2 atom stereocenters. The van der Waals surface area contributed by atoms with Crippen LogP contribution in [-0.2, 0) is 10.3 Å². The first-order valence-corrected chi connectivity index (χ1v) is 8.00. The van der Waals surface area contributed by atoms with E-state index in [1.165, 1.54) is 25.4 Å². The van der Waals surface area contributed by atoms with Gasteiger partial charge in [0.15, 0.2) is 6.10 Å². The zero-order valence-corrected chi connectivity index (χ0v) is 14.4. The van der Waals surface area contributed by atoms with E-state index in [2.05, 4.69) is 14.7 Å². The first-order valence-electron chi connectivity index (χ1n) is 8.00. The quantitative estimate of drug-likeness (QED) is 0.788. The number of amidine groups is 1. The van der Waals surface area contributed by atoms with Crippen LogP contribution in [0.4, 0.5) is 22.0 Å². The molecule has 2 unspecified atom stereocenters. The Hall–Kier alpha value is -2.71. The van der Waals surface area contributed by atoms with E-state index in [0.717, 1.165) is 12.1 Å². The number of rotatable bonds is 2. The number of ether oxygens (including phenoxy) is 1. The van der Waals surface area contributed by atoms with Crippen LogP contribution in [0, 0.1) is 18.6 Å². The monoisotopic (exact) mass is 385 g/mol. The van der Waals surface area contributed by atoms with Crippen molar-refractivity contribution in [1.82, 2.24) is 4.98 Å². The Morgan fingerprint density at radius 1 is 1.19 bits per heavy atom. The molecule has 0 bridgehead atoms. The molecule has 1 aromatic carbocycles. The highest BCUT2D eigenvalue weighted by Gasteiger charge is 2.50. The van der Waals surface area contributed by atoms with Gasteiger partial charge in [0.05, 0.1) is 5.54 Å². The molecule has 27 heavy (non-hydrogen) atoms. The van der Waals surface area contributed by atoms with Crippen LogP contribution < -0.4 is 5.73 Å². The average Bonchev–Trinajstić information content (AvgIpc) is 2.54. The second-order valence-corrected chi connectivity index (χ2v) is 6.58. The van der Waals surface area contributed by atoms with Gasteiger partial charge in [0.1, 0.15) is 11.6 Å². The molecule has 0 spiro atoms. The standard InChI is InChI=1S/C18H16F5N3O/c1-9-5-14(20)12(6-10(9)11-8-25-4-3-13(11)19)17(2)7-15(18(21,22)23)27-16(24)26-17/h3-6,8,15H,7H2,1-2H3,(H2,24,26). The van der Waals surface area contributed by atoms with Gasteiger partial charge in [0.2, 0.25) is 0 Å². The van der Waals surface area contributed by atoms with Crippen molar-refractivity contribution < 1.29 is 26.7 Å². The number of aliphatic imine (C=N–C) groups is 1. The number of hydrogen-bond donors (Lipinski definition) is 1. The van der Waals surface area contributed by atoms with Crippen molar-refractivity contribution in [1.29, 1.82) is 0 Å². The van der Waals surface area contributed by atoms with Crippen molar-refractivity contribution in [2.24, 2.45) is 10.7 Å². The first-order chi connectivity index (χ1) is 12.5. The van der Waals surface area contributed by atoms with Gasteiger partial charge in [-0.3, -0.25) is 4.98 Å². The summed E-state index contributed by atoms with van der Waals surface area (Å²) < 4.78 is 72.9. The highest BCUT2D eigenvalue weighted by atomic mass is 19.4. The summed E-state index contributed by atoms with van der Waals surface area (Å²) in [5, 5.41) is 0. The van der Waals surface area contributed by atoms with Crippen LogP contribution in [-0.4, -0.2) is 23.3 Å². The minimum absolute atomic E-state index is 0.108. The lowest BCUT2D eigenvalue weighted by atomic mass is 9.83. The molecular weight excluding hydrogens is 369 g/mol. The second-order valence-electron chi connectivity index (χ2n) is 6.58. The van der Waals surface area contributed by atoms with E-state index < -0.39 is 41.9 Å². The summed E-state index contributed by atoms with van der Waals surface area (Å²) in [4.78, 5) is 7.77. The summed E-state index contributed by atoms with van der Waals surface area (Å²) in [5.74, 6) is -1.35. The van der Waals surface area contributed by atoms with Crippen LogP contribution in [0.3, 0.4) is 0 Å². The van der Waals surface area contributed by atoms with E-state index in [9.17, 15) is 22.0 Å². The van der Waals surface area contributed by atoms with Gasteiger partial charge in [-0.05, 0) is 43.2 Å². The molecule has 2 N–H and O–H groups in total. The van der Waals surface area contributed by atoms with Gasteiger partial charge in [0, 0.05) is 29.9 Å². The van der Waals surface area contributed by atoms with Crippen molar-refractivity contribution in [3.63, 3.8) is 0 Å². The van der Waals surface area contributed by atoms with E-state index >= 15 is 0 Å². The van der Waals surface area contributed by atoms with E-state index in [1.807, 2.05) is 0 Å². The third-order valence-electron chi connectivity index (χ3n) is 4.52. The van der Waals surface area contributed by atoms with Gasteiger partial charge < -0.3 is 10.5 Å².